The minimum Gasteiger partial charge on any atom is -0.480 e. The van der Waals surface area contributed by atoms with Crippen LogP contribution in [0.3, 0.4) is 0 Å². The molecule has 2 rings (SSSR count). The average molecular weight is 560 g/mol. The van der Waals surface area contributed by atoms with Crippen LogP contribution in [-0.2, 0) is 19.2 Å². The van der Waals surface area contributed by atoms with Crippen LogP contribution in [0, 0.1) is 0 Å². The van der Waals surface area contributed by atoms with Gasteiger partial charge in [0.15, 0.2) is 0 Å². The molecule has 224 valence electrons. The minimum absolute atomic E-state index is 0.113. The van der Waals surface area contributed by atoms with Crippen molar-refractivity contribution in [2.24, 2.45) is 0 Å². The first kappa shape index (κ1) is 32.8. The fourth-order valence-corrected chi connectivity index (χ4v) is 5.40. The van der Waals surface area contributed by atoms with Gasteiger partial charge in [0.2, 0.25) is 0 Å². The first-order valence-electron chi connectivity index (χ1n) is 13.7. The first-order valence-corrected chi connectivity index (χ1v) is 13.7. The average Bonchev–Trinajstić information content (AvgIpc) is 2.84. The van der Waals surface area contributed by atoms with Gasteiger partial charge in [-0.3, -0.25) is 43.7 Å². The van der Waals surface area contributed by atoms with E-state index >= 15 is 0 Å². The summed E-state index contributed by atoms with van der Waals surface area (Å²) in [4.78, 5) is 54.6. The zero-order valence-electron chi connectivity index (χ0n) is 22.7. The second kappa shape index (κ2) is 17.4. The van der Waals surface area contributed by atoms with Crippen LogP contribution in [0.1, 0.15) is 32.1 Å². The van der Waals surface area contributed by atoms with Crippen molar-refractivity contribution < 1.29 is 44.7 Å². The summed E-state index contributed by atoms with van der Waals surface area (Å²) in [7, 11) is 0. The fourth-order valence-electron chi connectivity index (χ4n) is 5.40. The van der Waals surface area contributed by atoms with Crippen molar-refractivity contribution in [2.75, 3.05) is 91.6 Å². The third-order valence-corrected chi connectivity index (χ3v) is 7.35. The Hall–Kier alpha value is -2.36. The number of hydrogen-bond donors (Lipinski definition) is 5. The van der Waals surface area contributed by atoms with Gasteiger partial charge in [-0.1, -0.05) is 19.3 Å². The standard InChI is InChI=1S/C25H45N5O9/c31-21(15-30(19-25(38)39)20-4-2-1-3-5-20)14-26-6-8-27(16-22(32)33)10-12-29(18-24(36)37)13-11-28(9-7-26)17-23(34)35/h20-21,31H,1-19H2,(H,32,33)(H,34,35)(H,36,37)(H,38,39). The maximum Gasteiger partial charge on any atom is 0.317 e. The number of rotatable bonds is 13. The van der Waals surface area contributed by atoms with Crippen LogP contribution >= 0.6 is 0 Å². The predicted molar refractivity (Wildman–Crippen MR) is 141 cm³/mol. The molecule has 2 fully saturated rings. The lowest BCUT2D eigenvalue weighted by Crippen LogP contribution is -2.51. The highest BCUT2D eigenvalue weighted by molar-refractivity contribution is 5.70. The molecule has 1 aliphatic carbocycles. The van der Waals surface area contributed by atoms with Gasteiger partial charge in [0.25, 0.3) is 0 Å². The van der Waals surface area contributed by atoms with Crippen LogP contribution in [0.5, 0.6) is 0 Å². The molecule has 0 aromatic carbocycles. The van der Waals surface area contributed by atoms with Crippen molar-refractivity contribution >= 4 is 23.9 Å². The third kappa shape index (κ3) is 14.0. The molecule has 1 saturated heterocycles. The fraction of sp³-hybridized carbons (Fsp3) is 0.840. The maximum atomic E-state index is 11.5. The molecule has 5 N–H and O–H groups in total. The molecule has 1 unspecified atom stereocenters. The van der Waals surface area contributed by atoms with E-state index in [0.29, 0.717) is 52.4 Å². The van der Waals surface area contributed by atoms with E-state index < -0.39 is 30.0 Å². The Bertz CT molecular complexity index is 764. The van der Waals surface area contributed by atoms with Gasteiger partial charge in [-0.2, -0.15) is 0 Å². The van der Waals surface area contributed by atoms with Gasteiger partial charge in [-0.05, 0) is 12.8 Å². The second-order valence-corrected chi connectivity index (χ2v) is 10.6. The van der Waals surface area contributed by atoms with E-state index in [0.717, 1.165) is 32.1 Å². The van der Waals surface area contributed by atoms with Gasteiger partial charge in [0.1, 0.15) is 0 Å². The number of aliphatic hydroxyl groups excluding tert-OH is 1. The van der Waals surface area contributed by atoms with E-state index in [1.807, 2.05) is 9.80 Å². The highest BCUT2D eigenvalue weighted by Gasteiger charge is 2.27. The van der Waals surface area contributed by atoms with Gasteiger partial charge < -0.3 is 25.5 Å². The number of nitrogens with zero attached hydrogens (tertiary/aromatic N) is 5. The smallest absolute Gasteiger partial charge is 0.317 e. The number of β-amino-alcohol motifs (C(OH)–C–C–N with tert-alkyl or cyclic N) is 1. The largest absolute Gasteiger partial charge is 0.480 e. The normalized spacial score (nSPS) is 21.2. The molecule has 0 radical (unpaired) electrons. The van der Waals surface area contributed by atoms with Gasteiger partial charge in [-0.25, -0.2) is 0 Å². The van der Waals surface area contributed by atoms with E-state index in [4.69, 9.17) is 0 Å². The van der Waals surface area contributed by atoms with E-state index in [2.05, 4.69) is 0 Å². The molecule has 14 nitrogen and oxygen atoms in total. The first-order chi connectivity index (χ1) is 18.5. The van der Waals surface area contributed by atoms with Gasteiger partial charge in [0, 0.05) is 71.5 Å². The van der Waals surface area contributed by atoms with Crippen LogP contribution in [0.2, 0.25) is 0 Å². The monoisotopic (exact) mass is 559 g/mol. The topological polar surface area (TPSA) is 186 Å². The maximum absolute atomic E-state index is 11.5. The summed E-state index contributed by atoms with van der Waals surface area (Å²) in [6.07, 6.45) is 4.15. The van der Waals surface area contributed by atoms with Gasteiger partial charge in [0.05, 0.1) is 32.3 Å². The summed E-state index contributed by atoms with van der Waals surface area (Å²) in [5, 5.41) is 48.4. The van der Waals surface area contributed by atoms with Crippen LogP contribution in [0.15, 0.2) is 0 Å². The molecular weight excluding hydrogens is 514 g/mol. The highest BCUT2D eigenvalue weighted by atomic mass is 16.4. The van der Waals surface area contributed by atoms with Crippen molar-refractivity contribution in [3.8, 4) is 0 Å². The lowest BCUT2D eigenvalue weighted by molar-refractivity contribution is -0.141. The summed E-state index contributed by atoms with van der Waals surface area (Å²) >= 11 is 0. The third-order valence-electron chi connectivity index (χ3n) is 7.35. The molecule has 0 aromatic rings. The Labute approximate surface area is 229 Å². The van der Waals surface area contributed by atoms with Crippen molar-refractivity contribution in [1.29, 1.82) is 0 Å². The molecule has 1 atom stereocenters. The molecule has 1 aliphatic heterocycles. The Morgan fingerprint density at radius 1 is 0.615 bits per heavy atom. The lowest BCUT2D eigenvalue weighted by Gasteiger charge is -2.36. The van der Waals surface area contributed by atoms with E-state index in [1.165, 1.54) is 0 Å². The van der Waals surface area contributed by atoms with Crippen LogP contribution in [-0.4, -0.2) is 178 Å². The van der Waals surface area contributed by atoms with Gasteiger partial charge in [-0.15, -0.1) is 0 Å². The summed E-state index contributed by atoms with van der Waals surface area (Å²) < 4.78 is 0. The van der Waals surface area contributed by atoms with Crippen LogP contribution in [0.4, 0.5) is 0 Å². The lowest BCUT2D eigenvalue weighted by atomic mass is 9.94. The number of carboxylic acids is 4. The van der Waals surface area contributed by atoms with E-state index in [9.17, 15) is 44.7 Å². The Morgan fingerprint density at radius 2 is 1.00 bits per heavy atom. The minimum atomic E-state index is -1.01. The van der Waals surface area contributed by atoms with Crippen molar-refractivity contribution in [2.45, 2.75) is 44.2 Å². The summed E-state index contributed by atoms with van der Waals surface area (Å²) in [6.45, 7) is 2.45. The molecule has 1 heterocycles. The molecule has 0 spiro atoms. The zero-order valence-corrected chi connectivity index (χ0v) is 22.7. The van der Waals surface area contributed by atoms with Crippen LogP contribution < -0.4 is 0 Å². The van der Waals surface area contributed by atoms with Crippen molar-refractivity contribution in [1.82, 2.24) is 24.5 Å². The number of aliphatic hydroxyl groups is 1. The highest BCUT2D eigenvalue weighted by Crippen LogP contribution is 2.22. The quantitative estimate of drug-likeness (QED) is 0.176. The number of carboxylic acid groups (broad SMARTS) is 4. The SMILES string of the molecule is O=C(O)CN1CCN(CC(=O)O)CCN(CC(O)CN(CC(=O)O)C2CCCCC2)CCN(CC(=O)O)CC1. The Kier molecular flexibility index (Phi) is 14.6. The summed E-state index contributed by atoms with van der Waals surface area (Å²) in [5.41, 5.74) is 0. The molecule has 14 heteroatoms. The van der Waals surface area contributed by atoms with Gasteiger partial charge >= 0.3 is 23.9 Å². The van der Waals surface area contributed by atoms with Crippen molar-refractivity contribution in [3.05, 3.63) is 0 Å². The number of hydrogen-bond acceptors (Lipinski definition) is 10. The van der Waals surface area contributed by atoms with E-state index in [-0.39, 0.29) is 45.3 Å². The summed E-state index contributed by atoms with van der Waals surface area (Å²) in [6, 6.07) is 0.113. The molecule has 0 bridgehead atoms. The molecule has 2 aliphatic rings. The predicted octanol–water partition coefficient (Wildman–Crippen LogP) is -1.46. The molecule has 0 aromatic heterocycles. The Morgan fingerprint density at radius 3 is 1.36 bits per heavy atom. The van der Waals surface area contributed by atoms with Crippen molar-refractivity contribution in [3.63, 3.8) is 0 Å². The Balaban J connectivity index is 2.12. The molecule has 39 heavy (non-hydrogen) atoms. The zero-order chi connectivity index (χ0) is 28.8. The summed E-state index contributed by atoms with van der Waals surface area (Å²) in [5.74, 6) is -3.95. The molecule has 1 saturated carbocycles. The van der Waals surface area contributed by atoms with Crippen LogP contribution in [0.25, 0.3) is 0 Å². The second-order valence-electron chi connectivity index (χ2n) is 10.6. The number of carbonyl (C=O) groups is 4. The number of aliphatic carboxylic acids is 4. The molecular formula is C25H45N5O9. The van der Waals surface area contributed by atoms with E-state index in [1.54, 1.807) is 14.7 Å². The molecule has 0 amide bonds.